The fourth-order valence-corrected chi connectivity index (χ4v) is 5.80. The van der Waals surface area contributed by atoms with Crippen LogP contribution in [-0.4, -0.2) is 24.9 Å². The van der Waals surface area contributed by atoms with Crippen LogP contribution < -0.4 is 10.0 Å². The van der Waals surface area contributed by atoms with E-state index < -0.39 is 27.8 Å². The summed E-state index contributed by atoms with van der Waals surface area (Å²) in [5.74, 6) is -1.04. The third kappa shape index (κ3) is 5.12. The largest absolute Gasteiger partial charge is 0.341 e. The van der Waals surface area contributed by atoms with Crippen molar-refractivity contribution in [2.45, 2.75) is 30.8 Å². The van der Waals surface area contributed by atoms with E-state index in [-0.39, 0.29) is 11.3 Å². The van der Waals surface area contributed by atoms with Crippen LogP contribution in [0.25, 0.3) is 21.8 Å². The molecule has 0 radical (unpaired) electrons. The second kappa shape index (κ2) is 10.2. The van der Waals surface area contributed by atoms with Crippen molar-refractivity contribution >= 4 is 43.4 Å². The molecule has 0 saturated heterocycles. The van der Waals surface area contributed by atoms with E-state index in [9.17, 15) is 17.6 Å². The molecule has 8 heteroatoms. The van der Waals surface area contributed by atoms with Crippen LogP contribution in [0.1, 0.15) is 12.5 Å². The zero-order valence-corrected chi connectivity index (χ0v) is 21.0. The molecular formula is C29H26FN3O3S. The van der Waals surface area contributed by atoms with Gasteiger partial charge in [0.2, 0.25) is 15.9 Å². The Balaban J connectivity index is 1.46. The second-order valence-corrected chi connectivity index (χ2v) is 10.5. The molecule has 0 saturated carbocycles. The lowest BCUT2D eigenvalue weighted by Crippen LogP contribution is -2.45. The standard InChI is InChI=1S/C29H26FN3O3S/c1-2-33-27-11-7-6-10-24(27)25-19-22(14-17-28(25)33)31-29(34)26(18-20-8-4-3-5-9-20)32-37(35,36)23-15-12-21(30)13-16-23/h3-17,19,26,32H,2,18H2,1H3,(H,31,34)/t26-/m1/s1. The van der Waals surface area contributed by atoms with E-state index in [1.54, 1.807) is 0 Å². The fourth-order valence-electron chi connectivity index (χ4n) is 4.61. The lowest BCUT2D eigenvalue weighted by Gasteiger charge is -2.19. The summed E-state index contributed by atoms with van der Waals surface area (Å²) in [5.41, 5.74) is 3.53. The van der Waals surface area contributed by atoms with Gasteiger partial charge in [-0.05, 0) is 67.4 Å². The Kier molecular flexibility index (Phi) is 6.78. The topological polar surface area (TPSA) is 80.2 Å². The Morgan fingerprint density at radius 1 is 0.865 bits per heavy atom. The minimum absolute atomic E-state index is 0.117. The minimum Gasteiger partial charge on any atom is -0.341 e. The van der Waals surface area contributed by atoms with Crippen LogP contribution >= 0.6 is 0 Å². The highest BCUT2D eigenvalue weighted by atomic mass is 32.2. The molecule has 6 nitrogen and oxygen atoms in total. The summed E-state index contributed by atoms with van der Waals surface area (Å²) >= 11 is 0. The summed E-state index contributed by atoms with van der Waals surface area (Å²) < 4.78 is 44.2. The number of rotatable bonds is 8. The van der Waals surface area contributed by atoms with Crippen molar-refractivity contribution in [3.63, 3.8) is 0 Å². The number of aromatic nitrogens is 1. The number of benzene rings is 4. The Bertz CT molecular complexity index is 1680. The van der Waals surface area contributed by atoms with Gasteiger partial charge in [-0.2, -0.15) is 4.72 Å². The van der Waals surface area contributed by atoms with Crippen molar-refractivity contribution < 1.29 is 17.6 Å². The number of nitrogens with one attached hydrogen (secondary N) is 2. The molecule has 0 unspecified atom stereocenters. The molecule has 1 amide bonds. The summed E-state index contributed by atoms with van der Waals surface area (Å²) in [6.45, 7) is 2.89. The Hall–Kier alpha value is -4.01. The number of carbonyl (C=O) groups excluding carboxylic acids is 1. The Labute approximate surface area is 214 Å². The van der Waals surface area contributed by atoms with Gasteiger partial charge in [0.25, 0.3) is 0 Å². The van der Waals surface area contributed by atoms with Gasteiger partial charge in [0.1, 0.15) is 11.9 Å². The lowest BCUT2D eigenvalue weighted by atomic mass is 10.1. The summed E-state index contributed by atoms with van der Waals surface area (Å²) in [7, 11) is -4.08. The van der Waals surface area contributed by atoms with Gasteiger partial charge in [-0.3, -0.25) is 4.79 Å². The zero-order chi connectivity index (χ0) is 26.0. The van der Waals surface area contributed by atoms with Gasteiger partial charge < -0.3 is 9.88 Å². The molecule has 0 aliphatic heterocycles. The quantitative estimate of drug-likeness (QED) is 0.287. The molecule has 1 heterocycles. The number of nitrogens with zero attached hydrogens (tertiary/aromatic N) is 1. The number of aryl methyl sites for hydroxylation is 1. The van der Waals surface area contributed by atoms with Gasteiger partial charge in [0.15, 0.2) is 0 Å². The van der Waals surface area contributed by atoms with Gasteiger partial charge in [-0.1, -0.05) is 48.5 Å². The molecule has 0 spiro atoms. The SMILES string of the molecule is CCn1c2ccccc2c2cc(NC(=O)[C@@H](Cc3ccccc3)NS(=O)(=O)c3ccc(F)cc3)ccc21. The molecular weight excluding hydrogens is 489 g/mol. The van der Waals surface area contributed by atoms with E-state index >= 15 is 0 Å². The molecule has 0 aliphatic rings. The van der Waals surface area contributed by atoms with Crippen LogP contribution in [-0.2, 0) is 27.8 Å². The van der Waals surface area contributed by atoms with Gasteiger partial charge in [0, 0.05) is 34.0 Å². The number of carbonyl (C=O) groups is 1. The van der Waals surface area contributed by atoms with Gasteiger partial charge in [-0.15, -0.1) is 0 Å². The number of amides is 1. The van der Waals surface area contributed by atoms with E-state index in [4.69, 9.17) is 0 Å². The maximum absolute atomic E-state index is 13.4. The van der Waals surface area contributed by atoms with Crippen molar-refractivity contribution in [2.75, 3.05) is 5.32 Å². The molecule has 37 heavy (non-hydrogen) atoms. The smallest absolute Gasteiger partial charge is 0.242 e. The summed E-state index contributed by atoms with van der Waals surface area (Å²) in [4.78, 5) is 13.3. The molecule has 188 valence electrons. The summed E-state index contributed by atoms with van der Waals surface area (Å²) in [6, 6.07) is 26.4. The first-order valence-corrected chi connectivity index (χ1v) is 13.5. The lowest BCUT2D eigenvalue weighted by molar-refractivity contribution is -0.117. The molecule has 2 N–H and O–H groups in total. The third-order valence-electron chi connectivity index (χ3n) is 6.38. The molecule has 0 fully saturated rings. The number of hydrogen-bond donors (Lipinski definition) is 2. The predicted octanol–water partition coefficient (Wildman–Crippen LogP) is 5.48. The first-order valence-electron chi connectivity index (χ1n) is 12.0. The number of hydrogen-bond acceptors (Lipinski definition) is 3. The van der Waals surface area contributed by atoms with E-state index in [0.29, 0.717) is 5.69 Å². The molecule has 5 rings (SSSR count). The average Bonchev–Trinajstić information content (AvgIpc) is 3.22. The first kappa shape index (κ1) is 24.7. The van der Waals surface area contributed by atoms with Crippen LogP contribution in [0.15, 0.2) is 102 Å². The van der Waals surface area contributed by atoms with Crippen LogP contribution in [0, 0.1) is 5.82 Å². The highest BCUT2D eigenvalue weighted by Crippen LogP contribution is 2.31. The monoisotopic (exact) mass is 515 g/mol. The van der Waals surface area contributed by atoms with Crippen LogP contribution in [0.3, 0.4) is 0 Å². The normalized spacial score (nSPS) is 12.6. The number of sulfonamides is 1. The van der Waals surface area contributed by atoms with E-state index in [1.165, 1.54) is 12.1 Å². The second-order valence-electron chi connectivity index (χ2n) is 8.80. The molecule has 0 bridgehead atoms. The summed E-state index contributed by atoms with van der Waals surface area (Å²) in [6.07, 6.45) is 0.143. The molecule has 0 aliphatic carbocycles. The highest BCUT2D eigenvalue weighted by molar-refractivity contribution is 7.89. The van der Waals surface area contributed by atoms with Crippen LogP contribution in [0.5, 0.6) is 0 Å². The number of halogens is 1. The van der Waals surface area contributed by atoms with E-state index in [0.717, 1.165) is 46.0 Å². The maximum Gasteiger partial charge on any atom is 0.242 e. The van der Waals surface area contributed by atoms with E-state index in [1.807, 2.05) is 66.7 Å². The van der Waals surface area contributed by atoms with Gasteiger partial charge in [0.05, 0.1) is 4.90 Å². The van der Waals surface area contributed by atoms with Gasteiger partial charge in [-0.25, -0.2) is 12.8 Å². The highest BCUT2D eigenvalue weighted by Gasteiger charge is 2.26. The Morgan fingerprint density at radius 3 is 2.27 bits per heavy atom. The molecule has 5 aromatic rings. The van der Waals surface area contributed by atoms with Gasteiger partial charge >= 0.3 is 0 Å². The zero-order valence-electron chi connectivity index (χ0n) is 20.2. The number of anilines is 1. The number of para-hydroxylation sites is 1. The maximum atomic E-state index is 13.4. The number of fused-ring (bicyclic) bond motifs is 3. The van der Waals surface area contributed by atoms with Crippen LogP contribution in [0.2, 0.25) is 0 Å². The van der Waals surface area contributed by atoms with Crippen molar-refractivity contribution in [1.82, 2.24) is 9.29 Å². The molecule has 1 atom stereocenters. The molecule has 4 aromatic carbocycles. The minimum atomic E-state index is -4.08. The Morgan fingerprint density at radius 2 is 1.54 bits per heavy atom. The van der Waals surface area contributed by atoms with Crippen molar-refractivity contribution in [2.24, 2.45) is 0 Å². The average molecular weight is 516 g/mol. The van der Waals surface area contributed by atoms with Crippen molar-refractivity contribution in [1.29, 1.82) is 0 Å². The van der Waals surface area contributed by atoms with E-state index in [2.05, 4.69) is 27.6 Å². The van der Waals surface area contributed by atoms with Crippen molar-refractivity contribution in [3.05, 3.63) is 108 Å². The van der Waals surface area contributed by atoms with Crippen molar-refractivity contribution in [3.8, 4) is 0 Å². The van der Waals surface area contributed by atoms with Crippen LogP contribution in [0.4, 0.5) is 10.1 Å². The predicted molar refractivity (Wildman–Crippen MR) is 144 cm³/mol. The third-order valence-corrected chi connectivity index (χ3v) is 7.86. The summed E-state index contributed by atoms with van der Waals surface area (Å²) in [5, 5.41) is 4.97. The fraction of sp³-hybridized carbons (Fsp3) is 0.138. The molecule has 1 aromatic heterocycles. The first-order chi connectivity index (χ1) is 17.9.